The van der Waals surface area contributed by atoms with Crippen molar-refractivity contribution in [3.8, 4) is 0 Å². The maximum Gasteiger partial charge on any atom is 0.176 e. The Labute approximate surface area is 158 Å². The molecule has 134 valence electrons. The fraction of sp³-hybridized carbons (Fsp3) is 0.200. The van der Waals surface area contributed by atoms with Gasteiger partial charge in [-0.2, -0.15) is 5.10 Å². The minimum atomic E-state index is -0.232. The number of anilines is 2. The highest BCUT2D eigenvalue weighted by molar-refractivity contribution is 7.80. The summed E-state index contributed by atoms with van der Waals surface area (Å²) in [7, 11) is 0. The Morgan fingerprint density at radius 3 is 2.62 bits per heavy atom. The van der Waals surface area contributed by atoms with Gasteiger partial charge in [0.1, 0.15) is 5.82 Å². The molecule has 0 saturated carbocycles. The first-order valence-corrected chi connectivity index (χ1v) is 8.77. The Balaban J connectivity index is 1.70. The summed E-state index contributed by atoms with van der Waals surface area (Å²) >= 11 is 5.39. The molecule has 0 unspecified atom stereocenters. The standard InChI is InChI=1S/C20H21FN4S/c1-13-7-6-10-18(15(13)3)22-20(26)23-19-11-14(2)25(24-19)12-16-8-4-5-9-17(16)21/h4-11H,12H2,1-3H3,(H2,22,23,24,26). The van der Waals surface area contributed by atoms with Crippen molar-refractivity contribution in [3.63, 3.8) is 0 Å². The normalized spacial score (nSPS) is 10.6. The van der Waals surface area contributed by atoms with E-state index in [2.05, 4.69) is 28.7 Å². The van der Waals surface area contributed by atoms with E-state index in [1.165, 1.54) is 11.6 Å². The molecule has 0 radical (unpaired) electrons. The van der Waals surface area contributed by atoms with Gasteiger partial charge in [-0.25, -0.2) is 4.39 Å². The zero-order chi connectivity index (χ0) is 18.7. The van der Waals surface area contributed by atoms with Crippen LogP contribution in [-0.4, -0.2) is 14.9 Å². The van der Waals surface area contributed by atoms with Crippen molar-refractivity contribution in [1.82, 2.24) is 9.78 Å². The van der Waals surface area contributed by atoms with Crippen LogP contribution in [0.2, 0.25) is 0 Å². The number of nitrogens with zero attached hydrogens (tertiary/aromatic N) is 2. The molecule has 0 aliphatic carbocycles. The summed E-state index contributed by atoms with van der Waals surface area (Å²) in [6.07, 6.45) is 0. The number of benzene rings is 2. The van der Waals surface area contributed by atoms with Crippen molar-refractivity contribution in [1.29, 1.82) is 0 Å². The molecule has 0 spiro atoms. The summed E-state index contributed by atoms with van der Waals surface area (Å²) in [6, 6.07) is 14.6. The predicted octanol–water partition coefficient (Wildman–Crippen LogP) is 4.80. The van der Waals surface area contributed by atoms with Crippen LogP contribution in [0.3, 0.4) is 0 Å². The second-order valence-corrected chi connectivity index (χ2v) is 6.65. The third-order valence-electron chi connectivity index (χ3n) is 4.35. The van der Waals surface area contributed by atoms with Crippen LogP contribution in [0.4, 0.5) is 15.9 Å². The van der Waals surface area contributed by atoms with E-state index in [1.807, 2.05) is 38.1 Å². The Morgan fingerprint density at radius 1 is 1.08 bits per heavy atom. The highest BCUT2D eigenvalue weighted by Gasteiger charge is 2.09. The molecule has 3 rings (SSSR count). The first-order valence-electron chi connectivity index (χ1n) is 8.36. The molecule has 2 N–H and O–H groups in total. The van der Waals surface area contributed by atoms with Gasteiger partial charge >= 0.3 is 0 Å². The van der Waals surface area contributed by atoms with Crippen molar-refractivity contribution in [2.24, 2.45) is 0 Å². The lowest BCUT2D eigenvalue weighted by molar-refractivity contribution is 0.581. The van der Waals surface area contributed by atoms with E-state index in [0.717, 1.165) is 16.9 Å². The molecule has 2 aromatic carbocycles. The van der Waals surface area contributed by atoms with Crippen molar-refractivity contribution in [2.75, 3.05) is 10.6 Å². The largest absolute Gasteiger partial charge is 0.332 e. The molecule has 1 aromatic heterocycles. The summed E-state index contributed by atoms with van der Waals surface area (Å²) in [5.41, 5.74) is 4.83. The third kappa shape index (κ3) is 4.08. The zero-order valence-electron chi connectivity index (χ0n) is 15.0. The maximum atomic E-state index is 13.8. The van der Waals surface area contributed by atoms with Gasteiger partial charge in [0.15, 0.2) is 10.9 Å². The van der Waals surface area contributed by atoms with E-state index in [0.29, 0.717) is 23.0 Å². The Morgan fingerprint density at radius 2 is 1.85 bits per heavy atom. The number of aromatic nitrogens is 2. The zero-order valence-corrected chi connectivity index (χ0v) is 15.8. The SMILES string of the molecule is Cc1cccc(NC(=S)Nc2cc(C)n(Cc3ccccc3F)n2)c1C. The molecule has 3 aromatic rings. The van der Waals surface area contributed by atoms with E-state index in [9.17, 15) is 4.39 Å². The lowest BCUT2D eigenvalue weighted by Gasteiger charge is -2.12. The van der Waals surface area contributed by atoms with Crippen molar-refractivity contribution in [3.05, 3.63) is 76.7 Å². The van der Waals surface area contributed by atoms with Crippen molar-refractivity contribution >= 4 is 28.8 Å². The van der Waals surface area contributed by atoms with Crippen LogP contribution < -0.4 is 10.6 Å². The van der Waals surface area contributed by atoms with Crippen LogP contribution in [0.5, 0.6) is 0 Å². The average molecular weight is 368 g/mol. The summed E-state index contributed by atoms with van der Waals surface area (Å²) < 4.78 is 15.6. The van der Waals surface area contributed by atoms with Gasteiger partial charge < -0.3 is 10.6 Å². The molecule has 0 aliphatic heterocycles. The summed E-state index contributed by atoms with van der Waals surface area (Å²) in [6.45, 7) is 6.41. The topological polar surface area (TPSA) is 41.9 Å². The molecular weight excluding hydrogens is 347 g/mol. The first-order chi connectivity index (χ1) is 12.4. The first kappa shape index (κ1) is 18.1. The van der Waals surface area contributed by atoms with Crippen LogP contribution in [0.15, 0.2) is 48.5 Å². The van der Waals surface area contributed by atoms with E-state index in [-0.39, 0.29) is 5.82 Å². The Kier molecular flexibility index (Phi) is 5.32. The summed E-state index contributed by atoms with van der Waals surface area (Å²) in [4.78, 5) is 0. The molecule has 6 heteroatoms. The van der Waals surface area contributed by atoms with Gasteiger partial charge in [-0.3, -0.25) is 4.68 Å². The smallest absolute Gasteiger partial charge is 0.176 e. The van der Waals surface area contributed by atoms with Gasteiger partial charge in [0.25, 0.3) is 0 Å². The molecule has 0 aliphatic rings. The molecule has 0 bridgehead atoms. The number of hydrogen-bond acceptors (Lipinski definition) is 2. The van der Waals surface area contributed by atoms with Crippen LogP contribution in [0.1, 0.15) is 22.4 Å². The molecule has 0 saturated heterocycles. The number of rotatable bonds is 4. The Bertz CT molecular complexity index is 949. The minimum Gasteiger partial charge on any atom is -0.332 e. The van der Waals surface area contributed by atoms with E-state index < -0.39 is 0 Å². The number of thiocarbonyl (C=S) groups is 1. The number of hydrogen-bond donors (Lipinski definition) is 2. The number of aryl methyl sites for hydroxylation is 2. The fourth-order valence-corrected chi connectivity index (χ4v) is 2.89. The van der Waals surface area contributed by atoms with Crippen molar-refractivity contribution < 1.29 is 4.39 Å². The van der Waals surface area contributed by atoms with Gasteiger partial charge in [0, 0.05) is 23.0 Å². The second kappa shape index (κ2) is 7.66. The molecule has 1 heterocycles. The third-order valence-corrected chi connectivity index (χ3v) is 4.56. The van der Waals surface area contributed by atoms with Gasteiger partial charge in [0.05, 0.1) is 6.54 Å². The highest BCUT2D eigenvalue weighted by Crippen LogP contribution is 2.19. The fourth-order valence-electron chi connectivity index (χ4n) is 2.68. The lowest BCUT2D eigenvalue weighted by Crippen LogP contribution is -2.20. The van der Waals surface area contributed by atoms with Gasteiger partial charge in [-0.05, 0) is 56.2 Å². The van der Waals surface area contributed by atoms with Crippen molar-refractivity contribution in [2.45, 2.75) is 27.3 Å². The predicted molar refractivity (Wildman–Crippen MR) is 108 cm³/mol. The monoisotopic (exact) mass is 368 g/mol. The Hall–Kier alpha value is -2.73. The molecule has 0 atom stereocenters. The van der Waals surface area contributed by atoms with Crippen LogP contribution in [-0.2, 0) is 6.54 Å². The summed E-state index contributed by atoms with van der Waals surface area (Å²) in [5.74, 6) is 0.394. The molecule has 0 fully saturated rings. The molecule has 4 nitrogen and oxygen atoms in total. The van der Waals surface area contributed by atoms with Crippen LogP contribution >= 0.6 is 12.2 Å². The van der Waals surface area contributed by atoms with Gasteiger partial charge in [-0.15, -0.1) is 0 Å². The highest BCUT2D eigenvalue weighted by atomic mass is 32.1. The lowest BCUT2D eigenvalue weighted by atomic mass is 10.1. The van der Waals surface area contributed by atoms with E-state index >= 15 is 0 Å². The minimum absolute atomic E-state index is 0.232. The van der Waals surface area contributed by atoms with Crippen LogP contribution in [0.25, 0.3) is 0 Å². The molecule has 0 amide bonds. The average Bonchev–Trinajstić information content (AvgIpc) is 2.93. The number of halogens is 1. The van der Waals surface area contributed by atoms with Gasteiger partial charge in [-0.1, -0.05) is 30.3 Å². The second-order valence-electron chi connectivity index (χ2n) is 6.25. The molecule has 26 heavy (non-hydrogen) atoms. The number of nitrogens with one attached hydrogen (secondary N) is 2. The van der Waals surface area contributed by atoms with Gasteiger partial charge in [0.2, 0.25) is 0 Å². The quantitative estimate of drug-likeness (QED) is 0.649. The van der Waals surface area contributed by atoms with Crippen LogP contribution in [0, 0.1) is 26.6 Å². The van der Waals surface area contributed by atoms with E-state index in [1.54, 1.807) is 16.8 Å². The maximum absolute atomic E-state index is 13.8. The summed E-state index contributed by atoms with van der Waals surface area (Å²) in [5, 5.41) is 11.2. The molecular formula is C20H21FN4S. The van der Waals surface area contributed by atoms with E-state index in [4.69, 9.17) is 12.2 Å².